The molecule has 0 aliphatic heterocycles. The number of hydrogen-bond acceptors (Lipinski definition) is 2. The van der Waals surface area contributed by atoms with Crippen molar-refractivity contribution in [3.63, 3.8) is 0 Å². The Labute approximate surface area is 92.2 Å². The minimum absolute atomic E-state index is 0.0981. The third-order valence-electron chi connectivity index (χ3n) is 2.14. The van der Waals surface area contributed by atoms with Gasteiger partial charge in [0.2, 0.25) is 5.91 Å². The highest BCUT2D eigenvalue weighted by Crippen LogP contribution is 2.07. The van der Waals surface area contributed by atoms with Crippen molar-refractivity contribution < 1.29 is 4.79 Å². The van der Waals surface area contributed by atoms with Gasteiger partial charge in [0.05, 0.1) is 0 Å². The van der Waals surface area contributed by atoms with Crippen LogP contribution in [-0.4, -0.2) is 24.0 Å². The van der Waals surface area contributed by atoms with Crippen molar-refractivity contribution in [3.05, 3.63) is 0 Å². The fourth-order valence-electron chi connectivity index (χ4n) is 1.22. The Morgan fingerprint density at radius 1 is 1.43 bits per heavy atom. The summed E-state index contributed by atoms with van der Waals surface area (Å²) in [5.74, 6) is 1.31. The molecule has 0 rings (SSSR count). The standard InChI is InChI=1S/C11H23NOS/c1-5-6-7-10(8-14-4)12-11(13)9(2)3/h9-10H,5-8H2,1-4H3,(H,12,13). The number of thioether (sulfide) groups is 1. The summed E-state index contributed by atoms with van der Waals surface area (Å²) in [6.45, 7) is 6.05. The second-order valence-corrected chi connectivity index (χ2v) is 4.87. The lowest BCUT2D eigenvalue weighted by atomic mass is 10.1. The van der Waals surface area contributed by atoms with E-state index in [1.54, 1.807) is 11.8 Å². The molecule has 0 radical (unpaired) electrons. The molecule has 2 nitrogen and oxygen atoms in total. The Kier molecular flexibility index (Phi) is 8.05. The lowest BCUT2D eigenvalue weighted by Gasteiger charge is -2.18. The molecule has 84 valence electrons. The minimum atomic E-state index is 0.0981. The lowest BCUT2D eigenvalue weighted by Crippen LogP contribution is -2.38. The summed E-state index contributed by atoms with van der Waals surface area (Å²) >= 11 is 1.80. The van der Waals surface area contributed by atoms with Crippen LogP contribution in [0.1, 0.15) is 40.0 Å². The average Bonchev–Trinajstić information content (AvgIpc) is 2.14. The summed E-state index contributed by atoms with van der Waals surface area (Å²) in [6.07, 6.45) is 5.59. The second kappa shape index (κ2) is 8.16. The highest BCUT2D eigenvalue weighted by molar-refractivity contribution is 7.98. The van der Waals surface area contributed by atoms with E-state index in [0.717, 1.165) is 12.2 Å². The molecular weight excluding hydrogens is 194 g/mol. The van der Waals surface area contributed by atoms with Crippen LogP contribution in [0.2, 0.25) is 0 Å². The first kappa shape index (κ1) is 13.8. The van der Waals surface area contributed by atoms with Crippen LogP contribution in [-0.2, 0) is 4.79 Å². The molecule has 1 N–H and O–H groups in total. The van der Waals surface area contributed by atoms with Gasteiger partial charge in [-0.1, -0.05) is 33.6 Å². The van der Waals surface area contributed by atoms with E-state index in [4.69, 9.17) is 0 Å². The molecule has 3 heteroatoms. The van der Waals surface area contributed by atoms with Gasteiger partial charge in [-0.05, 0) is 12.7 Å². The summed E-state index contributed by atoms with van der Waals surface area (Å²) in [7, 11) is 0. The maximum atomic E-state index is 11.5. The van der Waals surface area contributed by atoms with Gasteiger partial charge in [0, 0.05) is 17.7 Å². The Bertz CT molecular complexity index is 159. The molecule has 0 aliphatic carbocycles. The van der Waals surface area contributed by atoms with Crippen LogP contribution in [0.4, 0.5) is 0 Å². The van der Waals surface area contributed by atoms with Gasteiger partial charge >= 0.3 is 0 Å². The summed E-state index contributed by atoms with van der Waals surface area (Å²) in [4.78, 5) is 11.5. The second-order valence-electron chi connectivity index (χ2n) is 3.96. The van der Waals surface area contributed by atoms with Crippen molar-refractivity contribution in [2.75, 3.05) is 12.0 Å². The smallest absolute Gasteiger partial charge is 0.222 e. The van der Waals surface area contributed by atoms with Gasteiger partial charge in [0.25, 0.3) is 0 Å². The van der Waals surface area contributed by atoms with Gasteiger partial charge in [-0.25, -0.2) is 0 Å². The van der Waals surface area contributed by atoms with Crippen molar-refractivity contribution in [2.24, 2.45) is 5.92 Å². The van der Waals surface area contributed by atoms with Gasteiger partial charge in [0.1, 0.15) is 0 Å². The van der Waals surface area contributed by atoms with Crippen LogP contribution in [0.15, 0.2) is 0 Å². The predicted molar refractivity (Wildman–Crippen MR) is 64.7 cm³/mol. The summed E-state index contributed by atoms with van der Waals surface area (Å²) in [5, 5.41) is 3.09. The third kappa shape index (κ3) is 6.30. The maximum Gasteiger partial charge on any atom is 0.222 e. The zero-order chi connectivity index (χ0) is 11.0. The van der Waals surface area contributed by atoms with Crippen LogP contribution in [0, 0.1) is 5.92 Å². The fourth-order valence-corrected chi connectivity index (χ4v) is 1.87. The Balaban J connectivity index is 3.88. The largest absolute Gasteiger partial charge is 0.352 e. The number of carbonyl (C=O) groups excluding carboxylic acids is 1. The molecule has 0 aromatic rings. The van der Waals surface area contributed by atoms with Crippen LogP contribution >= 0.6 is 11.8 Å². The summed E-state index contributed by atoms with van der Waals surface area (Å²) < 4.78 is 0. The van der Waals surface area contributed by atoms with E-state index in [0.29, 0.717) is 6.04 Å². The molecule has 0 heterocycles. The van der Waals surface area contributed by atoms with E-state index >= 15 is 0 Å². The van der Waals surface area contributed by atoms with E-state index in [-0.39, 0.29) is 11.8 Å². The molecule has 0 aliphatic rings. The molecule has 0 saturated heterocycles. The Morgan fingerprint density at radius 2 is 2.07 bits per heavy atom. The molecule has 0 spiro atoms. The summed E-state index contributed by atoms with van der Waals surface area (Å²) in [6, 6.07) is 0.361. The summed E-state index contributed by atoms with van der Waals surface area (Å²) in [5.41, 5.74) is 0. The van der Waals surface area contributed by atoms with Crippen molar-refractivity contribution in [1.29, 1.82) is 0 Å². The van der Waals surface area contributed by atoms with Crippen molar-refractivity contribution in [1.82, 2.24) is 5.32 Å². The molecule has 0 fully saturated rings. The first-order valence-electron chi connectivity index (χ1n) is 5.41. The number of rotatable bonds is 7. The highest BCUT2D eigenvalue weighted by atomic mass is 32.2. The molecule has 0 bridgehead atoms. The fraction of sp³-hybridized carbons (Fsp3) is 0.909. The van der Waals surface area contributed by atoms with Crippen LogP contribution in [0.5, 0.6) is 0 Å². The van der Waals surface area contributed by atoms with Crippen LogP contribution in [0.3, 0.4) is 0 Å². The maximum absolute atomic E-state index is 11.5. The molecule has 1 amide bonds. The molecule has 1 atom stereocenters. The Hall–Kier alpha value is -0.180. The molecule has 1 unspecified atom stereocenters. The van der Waals surface area contributed by atoms with Crippen molar-refractivity contribution >= 4 is 17.7 Å². The monoisotopic (exact) mass is 217 g/mol. The molecule has 0 aromatic carbocycles. The van der Waals surface area contributed by atoms with Crippen LogP contribution < -0.4 is 5.32 Å². The van der Waals surface area contributed by atoms with E-state index in [1.165, 1.54) is 12.8 Å². The van der Waals surface area contributed by atoms with Gasteiger partial charge in [-0.3, -0.25) is 4.79 Å². The third-order valence-corrected chi connectivity index (χ3v) is 2.88. The molecular formula is C11H23NOS. The SMILES string of the molecule is CCCCC(CSC)NC(=O)C(C)C. The van der Waals surface area contributed by atoms with E-state index in [2.05, 4.69) is 18.5 Å². The topological polar surface area (TPSA) is 29.1 Å². The average molecular weight is 217 g/mol. The number of carbonyl (C=O) groups is 1. The first-order valence-corrected chi connectivity index (χ1v) is 6.80. The zero-order valence-electron chi connectivity index (χ0n) is 9.80. The van der Waals surface area contributed by atoms with Gasteiger partial charge < -0.3 is 5.32 Å². The van der Waals surface area contributed by atoms with E-state index < -0.39 is 0 Å². The van der Waals surface area contributed by atoms with Crippen molar-refractivity contribution in [2.45, 2.75) is 46.1 Å². The zero-order valence-corrected chi connectivity index (χ0v) is 10.6. The van der Waals surface area contributed by atoms with Crippen molar-refractivity contribution in [3.8, 4) is 0 Å². The van der Waals surface area contributed by atoms with E-state index in [9.17, 15) is 4.79 Å². The normalized spacial score (nSPS) is 12.9. The number of hydrogen-bond donors (Lipinski definition) is 1. The number of amides is 1. The molecule has 0 saturated carbocycles. The first-order chi connectivity index (χ1) is 6.61. The van der Waals surface area contributed by atoms with Gasteiger partial charge in [-0.2, -0.15) is 11.8 Å². The Morgan fingerprint density at radius 3 is 2.50 bits per heavy atom. The van der Waals surface area contributed by atoms with E-state index in [1.807, 2.05) is 13.8 Å². The number of nitrogens with one attached hydrogen (secondary N) is 1. The molecule has 14 heavy (non-hydrogen) atoms. The lowest BCUT2D eigenvalue weighted by molar-refractivity contribution is -0.124. The van der Waals surface area contributed by atoms with Crippen LogP contribution in [0.25, 0.3) is 0 Å². The molecule has 0 aromatic heterocycles. The van der Waals surface area contributed by atoms with Gasteiger partial charge in [-0.15, -0.1) is 0 Å². The van der Waals surface area contributed by atoms with Gasteiger partial charge in [0.15, 0.2) is 0 Å². The highest BCUT2D eigenvalue weighted by Gasteiger charge is 2.13. The predicted octanol–water partition coefficient (Wildman–Crippen LogP) is 2.68. The number of unbranched alkanes of at least 4 members (excludes halogenated alkanes) is 1. The quantitative estimate of drug-likeness (QED) is 0.710. The minimum Gasteiger partial charge on any atom is -0.352 e.